The second-order valence-electron chi connectivity index (χ2n) is 3.41. The van der Waals surface area contributed by atoms with E-state index in [9.17, 15) is 4.21 Å². The summed E-state index contributed by atoms with van der Waals surface area (Å²) >= 11 is -1.54. The van der Waals surface area contributed by atoms with Crippen LogP contribution in [0.2, 0.25) is 0 Å². The molecule has 0 aromatic heterocycles. The van der Waals surface area contributed by atoms with E-state index in [2.05, 4.69) is 6.92 Å². The Bertz CT molecular complexity index is 137. The molecule has 0 spiro atoms. The molecule has 4 heteroatoms. The lowest BCUT2D eigenvalue weighted by Gasteiger charge is -2.05. The third-order valence-corrected chi connectivity index (χ3v) is 2.11. The van der Waals surface area contributed by atoms with Gasteiger partial charge in [0, 0.05) is 0 Å². The summed E-state index contributed by atoms with van der Waals surface area (Å²) in [5.74, 6) is 0.392. The summed E-state index contributed by atoms with van der Waals surface area (Å²) in [5.41, 5.74) is 0. The smallest absolute Gasteiger partial charge is 0.268 e. The van der Waals surface area contributed by atoms with E-state index < -0.39 is 11.4 Å². The van der Waals surface area contributed by atoms with E-state index in [1.807, 2.05) is 13.8 Å². The topological polar surface area (TPSA) is 35.5 Å². The van der Waals surface area contributed by atoms with Crippen molar-refractivity contribution >= 4 is 11.4 Å². The normalized spacial score (nSPS) is 13.5. The molecule has 0 aliphatic rings. The Morgan fingerprint density at radius 1 is 1.23 bits per heavy atom. The number of hydrogen-bond acceptors (Lipinski definition) is 3. The molecule has 13 heavy (non-hydrogen) atoms. The average Bonchev–Trinajstić information content (AvgIpc) is 2.09. The zero-order valence-corrected chi connectivity index (χ0v) is 9.56. The van der Waals surface area contributed by atoms with Crippen molar-refractivity contribution in [3.05, 3.63) is 0 Å². The maximum absolute atomic E-state index is 11.0. The molecule has 0 aromatic carbocycles. The summed E-state index contributed by atoms with van der Waals surface area (Å²) in [5, 5.41) is 0. The molecule has 0 heterocycles. The summed E-state index contributed by atoms with van der Waals surface area (Å²) in [4.78, 5) is 0. The highest BCUT2D eigenvalue weighted by atomic mass is 32.2. The fourth-order valence-corrected chi connectivity index (χ4v) is 1.41. The SMILES string of the molecule is CCCCCOS(=O)OCC(C)C. The van der Waals surface area contributed by atoms with Crippen LogP contribution in [0.4, 0.5) is 0 Å². The molecule has 0 saturated carbocycles. The van der Waals surface area contributed by atoms with Crippen LogP contribution in [0.5, 0.6) is 0 Å². The fraction of sp³-hybridized carbons (Fsp3) is 1.00. The summed E-state index contributed by atoms with van der Waals surface area (Å²) in [7, 11) is 0. The molecule has 0 amide bonds. The largest absolute Gasteiger partial charge is 0.304 e. The van der Waals surface area contributed by atoms with E-state index in [0.717, 1.165) is 19.3 Å². The Labute approximate surface area is 83.7 Å². The van der Waals surface area contributed by atoms with Crippen LogP contribution < -0.4 is 0 Å². The molecule has 1 unspecified atom stereocenters. The molecule has 0 fully saturated rings. The summed E-state index contributed by atoms with van der Waals surface area (Å²) < 4.78 is 20.9. The Morgan fingerprint density at radius 2 is 1.92 bits per heavy atom. The Hall–Kier alpha value is 0.0700. The van der Waals surface area contributed by atoms with Gasteiger partial charge in [0.25, 0.3) is 0 Å². The lowest BCUT2D eigenvalue weighted by Crippen LogP contribution is -2.08. The van der Waals surface area contributed by atoms with Gasteiger partial charge in [-0.15, -0.1) is 0 Å². The molecule has 3 nitrogen and oxygen atoms in total. The first-order chi connectivity index (χ1) is 6.16. The Balaban J connectivity index is 3.20. The third-order valence-electron chi connectivity index (χ3n) is 1.43. The van der Waals surface area contributed by atoms with Crippen molar-refractivity contribution in [3.8, 4) is 0 Å². The van der Waals surface area contributed by atoms with Gasteiger partial charge < -0.3 is 0 Å². The van der Waals surface area contributed by atoms with Gasteiger partial charge in [-0.05, 0) is 12.3 Å². The molecule has 0 aromatic rings. The van der Waals surface area contributed by atoms with Crippen molar-refractivity contribution in [1.29, 1.82) is 0 Å². The van der Waals surface area contributed by atoms with Crippen LogP contribution in [0.25, 0.3) is 0 Å². The highest BCUT2D eigenvalue weighted by Gasteiger charge is 2.02. The fourth-order valence-electron chi connectivity index (χ4n) is 0.705. The first kappa shape index (κ1) is 13.1. The summed E-state index contributed by atoms with van der Waals surface area (Å²) in [6.45, 7) is 7.15. The minimum Gasteiger partial charge on any atom is -0.268 e. The maximum Gasteiger partial charge on any atom is 0.304 e. The lowest BCUT2D eigenvalue weighted by molar-refractivity contribution is 0.225. The highest BCUT2D eigenvalue weighted by molar-refractivity contribution is 7.75. The zero-order valence-electron chi connectivity index (χ0n) is 8.75. The highest BCUT2D eigenvalue weighted by Crippen LogP contribution is 1.99. The first-order valence-corrected chi connectivity index (χ1v) is 5.85. The number of hydrogen-bond donors (Lipinski definition) is 0. The van der Waals surface area contributed by atoms with Crippen LogP contribution in [-0.2, 0) is 19.7 Å². The summed E-state index contributed by atoms with van der Waals surface area (Å²) in [6, 6.07) is 0. The van der Waals surface area contributed by atoms with Gasteiger partial charge in [0.2, 0.25) is 0 Å². The molecule has 0 saturated heterocycles. The quantitative estimate of drug-likeness (QED) is 0.575. The van der Waals surface area contributed by atoms with Crippen LogP contribution >= 0.6 is 0 Å². The van der Waals surface area contributed by atoms with Crippen LogP contribution in [0.3, 0.4) is 0 Å². The number of unbranched alkanes of at least 4 members (excludes halogenated alkanes) is 2. The molecule has 0 aliphatic carbocycles. The van der Waals surface area contributed by atoms with Crippen LogP contribution in [0, 0.1) is 5.92 Å². The van der Waals surface area contributed by atoms with Crippen molar-refractivity contribution in [2.24, 2.45) is 5.92 Å². The average molecular weight is 208 g/mol. The van der Waals surface area contributed by atoms with Gasteiger partial charge in [0.1, 0.15) is 0 Å². The standard InChI is InChI=1S/C9H20O3S/c1-4-5-6-7-11-13(10)12-8-9(2)3/h9H,4-8H2,1-3H3. The molecule has 1 atom stereocenters. The lowest BCUT2D eigenvalue weighted by atomic mass is 10.2. The van der Waals surface area contributed by atoms with Gasteiger partial charge >= 0.3 is 11.4 Å². The van der Waals surface area contributed by atoms with Crippen molar-refractivity contribution < 1.29 is 12.6 Å². The van der Waals surface area contributed by atoms with Crippen molar-refractivity contribution in [2.75, 3.05) is 13.2 Å². The zero-order chi connectivity index (χ0) is 10.1. The van der Waals surface area contributed by atoms with E-state index >= 15 is 0 Å². The van der Waals surface area contributed by atoms with Gasteiger partial charge in [0.15, 0.2) is 0 Å². The van der Waals surface area contributed by atoms with Gasteiger partial charge in [0.05, 0.1) is 13.2 Å². The molecule has 0 radical (unpaired) electrons. The van der Waals surface area contributed by atoms with E-state index in [4.69, 9.17) is 8.37 Å². The van der Waals surface area contributed by atoms with Crippen molar-refractivity contribution in [1.82, 2.24) is 0 Å². The predicted molar refractivity (Wildman–Crippen MR) is 54.4 cm³/mol. The van der Waals surface area contributed by atoms with Gasteiger partial charge in [-0.2, -0.15) is 4.21 Å². The molecular weight excluding hydrogens is 188 g/mol. The van der Waals surface area contributed by atoms with E-state index in [1.165, 1.54) is 0 Å². The van der Waals surface area contributed by atoms with Crippen LogP contribution in [0.1, 0.15) is 40.0 Å². The molecule has 0 aliphatic heterocycles. The minimum absolute atomic E-state index is 0.392. The predicted octanol–water partition coefficient (Wildman–Crippen LogP) is 2.44. The monoisotopic (exact) mass is 208 g/mol. The van der Waals surface area contributed by atoms with Crippen molar-refractivity contribution in [3.63, 3.8) is 0 Å². The van der Waals surface area contributed by atoms with Crippen molar-refractivity contribution in [2.45, 2.75) is 40.0 Å². The van der Waals surface area contributed by atoms with Gasteiger partial charge in [-0.25, -0.2) is 0 Å². The van der Waals surface area contributed by atoms with E-state index in [1.54, 1.807) is 0 Å². The first-order valence-electron chi connectivity index (χ1n) is 4.85. The minimum atomic E-state index is -1.54. The second kappa shape index (κ2) is 8.66. The Morgan fingerprint density at radius 3 is 2.46 bits per heavy atom. The molecular formula is C9H20O3S. The molecule has 80 valence electrons. The van der Waals surface area contributed by atoms with E-state index in [-0.39, 0.29) is 0 Å². The van der Waals surface area contributed by atoms with Crippen LogP contribution in [-0.4, -0.2) is 17.4 Å². The summed E-state index contributed by atoms with van der Waals surface area (Å²) in [6.07, 6.45) is 3.21. The number of rotatable bonds is 8. The second-order valence-corrected chi connectivity index (χ2v) is 4.29. The third kappa shape index (κ3) is 9.99. The van der Waals surface area contributed by atoms with E-state index in [0.29, 0.717) is 19.1 Å². The maximum atomic E-state index is 11.0. The molecule has 0 N–H and O–H groups in total. The van der Waals surface area contributed by atoms with Gasteiger partial charge in [-0.1, -0.05) is 33.6 Å². The molecule has 0 rings (SSSR count). The van der Waals surface area contributed by atoms with Gasteiger partial charge in [-0.3, -0.25) is 8.37 Å². The Kier molecular flexibility index (Phi) is 8.71. The van der Waals surface area contributed by atoms with Crippen LogP contribution in [0.15, 0.2) is 0 Å². The molecule has 0 bridgehead atoms.